The molecule has 2 aliphatic rings. The monoisotopic (exact) mass is 222 g/mol. The maximum atomic E-state index is 12.2. The number of hydrogen-bond acceptors (Lipinski definition) is 3. The fraction of sp³-hybridized carbons (Fsp3) is 0.692. The lowest BCUT2D eigenvalue weighted by molar-refractivity contribution is -0.165. The molecule has 0 unspecified atom stereocenters. The van der Waals surface area contributed by atoms with Gasteiger partial charge in [-0.1, -0.05) is 18.6 Å². The second-order valence-corrected chi connectivity index (χ2v) is 4.89. The lowest BCUT2D eigenvalue weighted by atomic mass is 9.60. The van der Waals surface area contributed by atoms with Gasteiger partial charge in [-0.15, -0.1) is 0 Å². The number of allylic oxidation sites excluding steroid dienone is 1. The Bertz CT molecular complexity index is 345. The molecule has 2 aliphatic carbocycles. The zero-order valence-electron chi connectivity index (χ0n) is 9.75. The number of carbonyl (C=O) groups excluding carboxylic acids is 2. The molecule has 0 N–H and O–H groups in total. The first kappa shape index (κ1) is 11.4. The second-order valence-electron chi connectivity index (χ2n) is 4.89. The molecular formula is C13H18O3. The van der Waals surface area contributed by atoms with E-state index in [1.54, 1.807) is 6.92 Å². The summed E-state index contributed by atoms with van der Waals surface area (Å²) < 4.78 is 5.08. The lowest BCUT2D eigenvalue weighted by Gasteiger charge is -2.42. The Morgan fingerprint density at radius 1 is 1.62 bits per heavy atom. The predicted octanol–water partition coefficient (Wildman–Crippen LogP) is 2.26. The number of fused-ring (bicyclic) bond motifs is 2. The maximum Gasteiger partial charge on any atom is 0.319 e. The van der Waals surface area contributed by atoms with Crippen molar-refractivity contribution in [1.82, 2.24) is 0 Å². The van der Waals surface area contributed by atoms with Crippen LogP contribution < -0.4 is 0 Å². The molecule has 2 rings (SSSR count). The molecule has 2 atom stereocenters. The summed E-state index contributed by atoms with van der Waals surface area (Å²) in [5.74, 6) is -0.213. The van der Waals surface area contributed by atoms with Crippen molar-refractivity contribution in [3.8, 4) is 0 Å². The average Bonchev–Trinajstić information content (AvgIpc) is 2.21. The molecule has 0 aromatic carbocycles. The van der Waals surface area contributed by atoms with E-state index in [0.717, 1.165) is 24.8 Å². The normalized spacial score (nSPS) is 33.7. The van der Waals surface area contributed by atoms with E-state index in [1.807, 2.05) is 0 Å². The highest BCUT2D eigenvalue weighted by Crippen LogP contribution is 2.48. The van der Waals surface area contributed by atoms with Crippen molar-refractivity contribution in [3.05, 3.63) is 12.2 Å². The first-order valence-electron chi connectivity index (χ1n) is 5.98. The molecule has 3 heteroatoms. The summed E-state index contributed by atoms with van der Waals surface area (Å²) in [5.41, 5.74) is 0.145. The molecule has 0 spiro atoms. The Kier molecular flexibility index (Phi) is 2.87. The summed E-state index contributed by atoms with van der Waals surface area (Å²) in [4.78, 5) is 24.3. The molecule has 2 saturated carbocycles. The van der Waals surface area contributed by atoms with Crippen molar-refractivity contribution < 1.29 is 14.3 Å². The van der Waals surface area contributed by atoms with Crippen LogP contribution >= 0.6 is 0 Å². The minimum atomic E-state index is -0.881. The first-order chi connectivity index (χ1) is 7.60. The largest absolute Gasteiger partial charge is 0.465 e. The molecule has 16 heavy (non-hydrogen) atoms. The number of ether oxygens (including phenoxy) is 1. The molecular weight excluding hydrogens is 204 g/mol. The van der Waals surface area contributed by atoms with Crippen LogP contribution in [0.2, 0.25) is 0 Å². The molecule has 0 amide bonds. The van der Waals surface area contributed by atoms with E-state index in [-0.39, 0.29) is 17.7 Å². The van der Waals surface area contributed by atoms with Gasteiger partial charge in [-0.25, -0.2) is 0 Å². The third-order valence-corrected chi connectivity index (χ3v) is 3.75. The van der Waals surface area contributed by atoms with Gasteiger partial charge in [0.25, 0.3) is 0 Å². The van der Waals surface area contributed by atoms with Crippen LogP contribution in [0.1, 0.15) is 39.0 Å². The molecule has 88 valence electrons. The zero-order chi connectivity index (χ0) is 11.8. The van der Waals surface area contributed by atoms with Crippen LogP contribution in [0.3, 0.4) is 0 Å². The van der Waals surface area contributed by atoms with Gasteiger partial charge in [-0.3, -0.25) is 9.59 Å². The fourth-order valence-corrected chi connectivity index (χ4v) is 3.06. The summed E-state index contributed by atoms with van der Waals surface area (Å²) in [6, 6.07) is 0. The van der Waals surface area contributed by atoms with Crippen LogP contribution in [-0.2, 0) is 14.3 Å². The Hall–Kier alpha value is -1.12. The van der Waals surface area contributed by atoms with Gasteiger partial charge >= 0.3 is 5.97 Å². The van der Waals surface area contributed by atoms with Crippen LogP contribution in [0, 0.1) is 11.3 Å². The van der Waals surface area contributed by atoms with E-state index in [9.17, 15) is 9.59 Å². The van der Waals surface area contributed by atoms with Crippen LogP contribution in [-0.4, -0.2) is 18.4 Å². The van der Waals surface area contributed by atoms with Gasteiger partial charge in [0.1, 0.15) is 5.41 Å². The van der Waals surface area contributed by atoms with Crippen LogP contribution in [0.4, 0.5) is 0 Å². The summed E-state index contributed by atoms with van der Waals surface area (Å²) in [5, 5.41) is 0. The van der Waals surface area contributed by atoms with E-state index < -0.39 is 5.41 Å². The number of carbonyl (C=O) groups is 2. The lowest BCUT2D eigenvalue weighted by Crippen LogP contribution is -2.49. The van der Waals surface area contributed by atoms with Gasteiger partial charge < -0.3 is 4.74 Å². The fourth-order valence-electron chi connectivity index (χ4n) is 3.06. The summed E-state index contributed by atoms with van der Waals surface area (Å²) in [7, 11) is 0. The maximum absolute atomic E-state index is 12.2. The molecule has 2 bridgehead atoms. The van der Waals surface area contributed by atoms with Gasteiger partial charge in [-0.05, 0) is 32.6 Å². The Labute approximate surface area is 95.9 Å². The summed E-state index contributed by atoms with van der Waals surface area (Å²) in [6.45, 7) is 6.07. The van der Waals surface area contributed by atoms with Crippen molar-refractivity contribution >= 4 is 11.8 Å². The molecule has 2 fully saturated rings. The van der Waals surface area contributed by atoms with Crippen molar-refractivity contribution in [1.29, 1.82) is 0 Å². The molecule has 0 aliphatic heterocycles. The number of Topliss-reactive ketones (excluding diaryl/α,β-unsaturated/α-hetero) is 1. The van der Waals surface area contributed by atoms with Crippen molar-refractivity contribution in [2.45, 2.75) is 39.0 Å². The molecule has 0 radical (unpaired) electrons. The minimum absolute atomic E-state index is 0.0133. The number of ketones is 1. The highest BCUT2D eigenvalue weighted by molar-refractivity contribution is 6.06. The van der Waals surface area contributed by atoms with Crippen molar-refractivity contribution in [2.75, 3.05) is 6.61 Å². The number of hydrogen-bond donors (Lipinski definition) is 0. The third kappa shape index (κ3) is 1.58. The second kappa shape index (κ2) is 4.04. The predicted molar refractivity (Wildman–Crippen MR) is 59.8 cm³/mol. The molecule has 0 heterocycles. The molecule has 3 nitrogen and oxygen atoms in total. The molecule has 0 saturated heterocycles. The van der Waals surface area contributed by atoms with E-state index in [4.69, 9.17) is 4.74 Å². The Balaban J connectivity index is 2.30. The van der Waals surface area contributed by atoms with Crippen LogP contribution in [0.5, 0.6) is 0 Å². The Morgan fingerprint density at radius 2 is 2.38 bits per heavy atom. The number of rotatable bonds is 2. The van der Waals surface area contributed by atoms with Crippen molar-refractivity contribution in [2.24, 2.45) is 11.3 Å². The van der Waals surface area contributed by atoms with E-state index in [0.29, 0.717) is 19.4 Å². The first-order valence-corrected chi connectivity index (χ1v) is 5.98. The zero-order valence-corrected chi connectivity index (χ0v) is 9.75. The Morgan fingerprint density at radius 3 is 3.06 bits per heavy atom. The van der Waals surface area contributed by atoms with Gasteiger partial charge in [0.05, 0.1) is 6.61 Å². The van der Waals surface area contributed by atoms with Crippen LogP contribution in [0.25, 0.3) is 0 Å². The topological polar surface area (TPSA) is 43.4 Å². The van der Waals surface area contributed by atoms with Crippen molar-refractivity contribution in [3.63, 3.8) is 0 Å². The molecule has 0 aromatic heterocycles. The smallest absolute Gasteiger partial charge is 0.319 e. The number of esters is 1. The van der Waals surface area contributed by atoms with Gasteiger partial charge in [-0.2, -0.15) is 0 Å². The van der Waals surface area contributed by atoms with E-state index in [2.05, 4.69) is 6.58 Å². The standard InChI is InChI=1S/C13H18O3/c1-3-16-12(15)13-6-4-5-10(11(13)14)7-9(2)8-13/h10H,2-8H2,1H3/t10-,13-/m1/s1. The van der Waals surface area contributed by atoms with Gasteiger partial charge in [0.2, 0.25) is 0 Å². The van der Waals surface area contributed by atoms with Gasteiger partial charge in [0, 0.05) is 5.92 Å². The van der Waals surface area contributed by atoms with E-state index >= 15 is 0 Å². The highest BCUT2D eigenvalue weighted by Gasteiger charge is 2.54. The van der Waals surface area contributed by atoms with Crippen LogP contribution in [0.15, 0.2) is 12.2 Å². The highest BCUT2D eigenvalue weighted by atomic mass is 16.5. The third-order valence-electron chi connectivity index (χ3n) is 3.75. The summed E-state index contributed by atoms with van der Waals surface area (Å²) in [6.07, 6.45) is 3.75. The average molecular weight is 222 g/mol. The van der Waals surface area contributed by atoms with Gasteiger partial charge in [0.15, 0.2) is 5.78 Å². The SMILES string of the molecule is C=C1C[C@H]2CCC[C@@](C(=O)OCC)(C1)C2=O. The minimum Gasteiger partial charge on any atom is -0.465 e. The summed E-state index contributed by atoms with van der Waals surface area (Å²) >= 11 is 0. The quantitative estimate of drug-likeness (QED) is 0.409. The molecule has 0 aromatic rings. The van der Waals surface area contributed by atoms with E-state index in [1.165, 1.54) is 0 Å².